The first kappa shape index (κ1) is 35.1. The number of ether oxygens (including phenoxy) is 6. The van der Waals surface area contributed by atoms with Crippen molar-refractivity contribution in [3.05, 3.63) is 60.7 Å². The number of alkyl halides is 2. The van der Waals surface area contributed by atoms with Crippen LogP contribution in [-0.4, -0.2) is 92.3 Å². The van der Waals surface area contributed by atoms with E-state index in [2.05, 4.69) is 101 Å². The van der Waals surface area contributed by atoms with E-state index in [-0.39, 0.29) is 23.9 Å². The molecule has 4 saturated heterocycles. The van der Waals surface area contributed by atoms with Crippen LogP contribution in [0.3, 0.4) is 0 Å². The van der Waals surface area contributed by atoms with Crippen LogP contribution in [0.25, 0.3) is 0 Å². The highest BCUT2D eigenvalue weighted by molar-refractivity contribution is 9.09. The minimum atomic E-state index is -2.90. The zero-order valence-electron chi connectivity index (χ0n) is 27.2. The summed E-state index contributed by atoms with van der Waals surface area (Å²) >= 11 is 7.28. The van der Waals surface area contributed by atoms with Gasteiger partial charge in [-0.05, 0) is 41.1 Å². The predicted molar refractivity (Wildman–Crippen MR) is 185 cm³/mol. The fourth-order valence-corrected chi connectivity index (χ4v) is 13.4. The van der Waals surface area contributed by atoms with Gasteiger partial charge in [0.05, 0.1) is 18.8 Å². The lowest BCUT2D eigenvalue weighted by atomic mass is 9.84. The van der Waals surface area contributed by atoms with Crippen LogP contribution >= 0.6 is 31.9 Å². The van der Waals surface area contributed by atoms with Crippen LogP contribution in [-0.2, 0) is 32.8 Å². The summed E-state index contributed by atoms with van der Waals surface area (Å²) in [6.45, 7) is 6.96. The Labute approximate surface area is 291 Å². The van der Waals surface area contributed by atoms with Crippen LogP contribution in [0.1, 0.15) is 59.3 Å². The Hall–Kier alpha value is -0.703. The maximum absolute atomic E-state index is 11.6. The smallest absolute Gasteiger partial charge is 0.261 e. The highest BCUT2D eigenvalue weighted by Crippen LogP contribution is 2.53. The molecule has 0 amide bonds. The van der Waals surface area contributed by atoms with Gasteiger partial charge < -0.3 is 38.0 Å². The topological polar surface area (TPSA) is 84.8 Å². The van der Waals surface area contributed by atoms with E-state index in [9.17, 15) is 5.11 Å². The summed E-state index contributed by atoms with van der Waals surface area (Å²) in [6, 6.07) is 21.1. The van der Waals surface area contributed by atoms with E-state index in [1.165, 1.54) is 17.5 Å². The number of methoxy groups -OCH3 is 1. The number of hydrogen-bond donors (Lipinski definition) is 1. The second kappa shape index (κ2) is 14.3. The van der Waals surface area contributed by atoms with E-state index in [4.69, 9.17) is 32.8 Å². The van der Waals surface area contributed by atoms with E-state index < -0.39 is 50.6 Å². The van der Waals surface area contributed by atoms with E-state index in [1.807, 2.05) is 12.1 Å². The van der Waals surface area contributed by atoms with Crippen molar-refractivity contribution in [3.8, 4) is 0 Å². The molecule has 0 aromatic heterocycles. The number of aliphatic hydroxyl groups excluding tert-OH is 1. The highest BCUT2D eigenvalue weighted by Gasteiger charge is 2.68. The SMILES string of the molecule is CO[C@H]1O[C@H](CO[Si](c2ccccc2)(c2ccccc2)C(C)(C)C)[C@H]2O[C@@]3(CCC[C@@H](CBr)O3)[C@]3(CCC[C@@H](CBr)O3)O[C@@H]2[C@H]1O. The fourth-order valence-electron chi connectivity index (χ4n) is 7.94. The van der Waals surface area contributed by atoms with Gasteiger partial charge in [-0.2, -0.15) is 0 Å². The molecule has 9 atom stereocenters. The minimum Gasteiger partial charge on any atom is -0.405 e. The summed E-state index contributed by atoms with van der Waals surface area (Å²) in [7, 11) is -1.36. The van der Waals surface area contributed by atoms with Crippen LogP contribution in [0.15, 0.2) is 60.7 Å². The van der Waals surface area contributed by atoms with Gasteiger partial charge in [-0.25, -0.2) is 0 Å². The zero-order valence-corrected chi connectivity index (χ0v) is 31.4. The molecular formula is C35H48Br2O8Si. The normalized spacial score (nSPS) is 36.9. The van der Waals surface area contributed by atoms with Gasteiger partial charge in [-0.1, -0.05) is 113 Å². The number of halogens is 2. The summed E-state index contributed by atoms with van der Waals surface area (Å²) < 4.78 is 47.3. The number of aliphatic hydroxyl groups is 1. The van der Waals surface area contributed by atoms with Gasteiger partial charge in [0, 0.05) is 30.6 Å². The quantitative estimate of drug-likeness (QED) is 0.282. The second-order valence-electron chi connectivity index (χ2n) is 14.0. The predicted octanol–water partition coefficient (Wildman–Crippen LogP) is 5.40. The van der Waals surface area contributed by atoms with Gasteiger partial charge in [0.1, 0.15) is 24.4 Å². The van der Waals surface area contributed by atoms with Crippen LogP contribution in [0.2, 0.25) is 5.04 Å². The largest absolute Gasteiger partial charge is 0.405 e. The first-order valence-corrected chi connectivity index (χ1v) is 20.7. The molecule has 6 rings (SSSR count). The van der Waals surface area contributed by atoms with Crippen LogP contribution < -0.4 is 10.4 Å². The molecule has 2 aromatic carbocycles. The highest BCUT2D eigenvalue weighted by atomic mass is 79.9. The number of hydrogen-bond acceptors (Lipinski definition) is 8. The average Bonchev–Trinajstić information content (AvgIpc) is 3.07. The van der Waals surface area contributed by atoms with Crippen LogP contribution in [0.4, 0.5) is 0 Å². The maximum Gasteiger partial charge on any atom is 0.261 e. The van der Waals surface area contributed by atoms with Crippen molar-refractivity contribution >= 4 is 50.6 Å². The molecule has 0 unspecified atom stereocenters. The molecular weight excluding hydrogens is 736 g/mol. The van der Waals surface area contributed by atoms with Gasteiger partial charge >= 0.3 is 0 Å². The molecule has 0 aliphatic carbocycles. The fraction of sp³-hybridized carbons (Fsp3) is 0.657. The van der Waals surface area contributed by atoms with Gasteiger partial charge in [0.15, 0.2) is 6.29 Å². The van der Waals surface area contributed by atoms with E-state index >= 15 is 0 Å². The van der Waals surface area contributed by atoms with E-state index in [1.54, 1.807) is 0 Å². The lowest BCUT2D eigenvalue weighted by Gasteiger charge is -2.62. The Bertz CT molecular complexity index is 1240. The molecule has 0 bridgehead atoms. The van der Waals surface area contributed by atoms with Crippen molar-refractivity contribution < 1.29 is 38.0 Å². The van der Waals surface area contributed by atoms with Crippen molar-refractivity contribution in [2.75, 3.05) is 24.4 Å². The summed E-state index contributed by atoms with van der Waals surface area (Å²) in [5.41, 5.74) is 0. The van der Waals surface area contributed by atoms with Gasteiger partial charge in [-0.3, -0.25) is 0 Å². The Morgan fingerprint density at radius 1 is 0.804 bits per heavy atom. The average molecular weight is 785 g/mol. The van der Waals surface area contributed by atoms with E-state index in [0.717, 1.165) is 25.7 Å². The molecule has 0 radical (unpaired) electrons. The molecule has 254 valence electrons. The molecule has 4 aliphatic heterocycles. The number of benzene rings is 2. The lowest BCUT2D eigenvalue weighted by molar-refractivity contribution is -0.514. The third-order valence-electron chi connectivity index (χ3n) is 10.1. The first-order valence-electron chi connectivity index (χ1n) is 16.6. The van der Waals surface area contributed by atoms with Crippen molar-refractivity contribution in [2.45, 2.75) is 119 Å². The summed E-state index contributed by atoms with van der Waals surface area (Å²) in [5, 5.41) is 15.1. The Morgan fingerprint density at radius 2 is 1.30 bits per heavy atom. The van der Waals surface area contributed by atoms with Gasteiger partial charge in [0.2, 0.25) is 11.6 Å². The van der Waals surface area contributed by atoms with Crippen molar-refractivity contribution in [1.29, 1.82) is 0 Å². The summed E-state index contributed by atoms with van der Waals surface area (Å²) in [5.74, 6) is -2.34. The van der Waals surface area contributed by atoms with Crippen molar-refractivity contribution in [1.82, 2.24) is 0 Å². The molecule has 2 spiro atoms. The third-order valence-corrected chi connectivity index (χ3v) is 16.5. The Balaban J connectivity index is 1.39. The molecule has 11 heteroatoms. The molecule has 4 heterocycles. The molecule has 4 aliphatic rings. The minimum absolute atomic E-state index is 0.0633. The van der Waals surface area contributed by atoms with Crippen molar-refractivity contribution in [3.63, 3.8) is 0 Å². The zero-order chi connectivity index (χ0) is 32.6. The van der Waals surface area contributed by atoms with Gasteiger partial charge in [-0.15, -0.1) is 0 Å². The third kappa shape index (κ3) is 6.25. The monoisotopic (exact) mass is 782 g/mol. The van der Waals surface area contributed by atoms with Gasteiger partial charge in [0.25, 0.3) is 8.32 Å². The molecule has 4 fully saturated rings. The molecule has 46 heavy (non-hydrogen) atoms. The molecule has 0 saturated carbocycles. The molecule has 8 nitrogen and oxygen atoms in total. The lowest BCUT2D eigenvalue weighted by Crippen LogP contribution is -2.77. The summed E-state index contributed by atoms with van der Waals surface area (Å²) in [4.78, 5) is 0. The number of fused-ring (bicyclic) bond motifs is 2. The van der Waals surface area contributed by atoms with Crippen molar-refractivity contribution in [2.24, 2.45) is 0 Å². The Morgan fingerprint density at radius 3 is 1.76 bits per heavy atom. The standard InChI is InChI=1S/C35H48Br2O8Si/c1-33(2,3)46(26-15-7-5-8-16-26,27-17-9-6-10-18-27)40-23-28-30-31(29(38)32(39-4)41-28)45-35(20-12-14-25(22-37)43-35)34(44-30)19-11-13-24(21-36)42-34/h5-10,15-18,24-25,28-32,38H,11-14,19-23H2,1-4H3/t24-,25-,28+,29+,30+,31+,32-,34-,35-/m0/s1. The molecule has 2 aromatic rings. The Kier molecular flexibility index (Phi) is 10.9. The first-order chi connectivity index (χ1) is 22.1. The molecule has 1 N–H and O–H groups in total. The van der Waals surface area contributed by atoms with Crippen LogP contribution in [0.5, 0.6) is 0 Å². The van der Waals surface area contributed by atoms with Crippen LogP contribution in [0, 0.1) is 0 Å². The second-order valence-corrected chi connectivity index (χ2v) is 19.6. The summed E-state index contributed by atoms with van der Waals surface area (Å²) in [6.07, 6.45) is 0.579. The maximum atomic E-state index is 11.6. The number of rotatable bonds is 8. The van der Waals surface area contributed by atoms with E-state index in [0.29, 0.717) is 23.5 Å².